The molecule has 3 nitrogen and oxygen atoms in total. The van der Waals surface area contributed by atoms with Crippen LogP contribution in [0, 0.1) is 5.82 Å². The largest absolute Gasteiger partial charge is 0.321 e. The maximum Gasteiger partial charge on any atom is 0.257 e. The zero-order valence-electron chi connectivity index (χ0n) is 9.78. The van der Waals surface area contributed by atoms with Crippen LogP contribution in [0.2, 0.25) is 0 Å². The first-order valence-corrected chi connectivity index (χ1v) is 5.93. The van der Waals surface area contributed by atoms with Crippen LogP contribution in [-0.2, 0) is 4.79 Å². The van der Waals surface area contributed by atoms with Crippen molar-refractivity contribution in [2.45, 2.75) is 6.92 Å². The van der Waals surface area contributed by atoms with E-state index in [2.05, 4.69) is 33.0 Å². The van der Waals surface area contributed by atoms with Gasteiger partial charge in [-0.15, -0.1) is 0 Å². The Labute approximate surface area is 113 Å². The number of nitrogens with one attached hydrogen (secondary N) is 1. The van der Waals surface area contributed by atoms with Gasteiger partial charge in [0.05, 0.1) is 11.3 Å². The Morgan fingerprint density at radius 3 is 2.89 bits per heavy atom. The molecule has 0 bridgehead atoms. The van der Waals surface area contributed by atoms with E-state index in [-0.39, 0.29) is 5.91 Å². The molecule has 1 aromatic rings. The van der Waals surface area contributed by atoms with E-state index >= 15 is 0 Å². The van der Waals surface area contributed by atoms with Crippen LogP contribution in [0.1, 0.15) is 6.92 Å². The lowest BCUT2D eigenvalue weighted by Crippen LogP contribution is -2.13. The third-order valence-electron chi connectivity index (χ3n) is 2.02. The molecule has 0 aromatic heterocycles. The topological polar surface area (TPSA) is 41.5 Å². The van der Waals surface area contributed by atoms with Crippen LogP contribution in [0.4, 0.5) is 10.1 Å². The van der Waals surface area contributed by atoms with Crippen molar-refractivity contribution in [3.05, 3.63) is 52.4 Å². The smallest absolute Gasteiger partial charge is 0.257 e. The molecule has 1 amide bonds. The highest BCUT2D eigenvalue weighted by molar-refractivity contribution is 9.10. The second-order valence-electron chi connectivity index (χ2n) is 3.35. The molecular formula is C13H12BrFN2O. The number of nitrogens with zero attached hydrogens (tertiary/aromatic N) is 1. The first-order chi connectivity index (χ1) is 8.58. The number of hydrogen-bond acceptors (Lipinski definition) is 2. The number of carbonyl (C=O) groups is 1. The van der Waals surface area contributed by atoms with Crippen molar-refractivity contribution in [1.82, 2.24) is 0 Å². The molecule has 1 N–H and O–H groups in total. The molecule has 0 unspecified atom stereocenters. The summed E-state index contributed by atoms with van der Waals surface area (Å²) in [7, 11) is 0. The van der Waals surface area contributed by atoms with Crippen molar-refractivity contribution >= 4 is 34.2 Å². The fourth-order valence-electron chi connectivity index (χ4n) is 1.24. The molecule has 0 aliphatic rings. The van der Waals surface area contributed by atoms with Gasteiger partial charge in [0, 0.05) is 10.7 Å². The van der Waals surface area contributed by atoms with E-state index in [1.165, 1.54) is 24.4 Å². The van der Waals surface area contributed by atoms with Crippen LogP contribution in [0.15, 0.2) is 51.6 Å². The Hall–Kier alpha value is -1.75. The molecule has 1 rings (SSSR count). The second kappa shape index (κ2) is 6.86. The normalized spacial score (nSPS) is 11.6. The summed E-state index contributed by atoms with van der Waals surface area (Å²) in [5.41, 5.74) is 0.697. The molecule has 5 heteroatoms. The average molecular weight is 311 g/mol. The van der Waals surface area contributed by atoms with E-state index in [0.717, 1.165) is 0 Å². The zero-order valence-corrected chi connectivity index (χ0v) is 11.4. The number of anilines is 1. The van der Waals surface area contributed by atoms with Gasteiger partial charge in [-0.3, -0.25) is 9.79 Å². The van der Waals surface area contributed by atoms with E-state index in [1.54, 1.807) is 19.1 Å². The van der Waals surface area contributed by atoms with Crippen LogP contribution in [0.3, 0.4) is 0 Å². The van der Waals surface area contributed by atoms with Crippen LogP contribution in [0.5, 0.6) is 0 Å². The minimum atomic E-state index is -0.424. The lowest BCUT2D eigenvalue weighted by Gasteiger charge is -2.07. The number of hydrogen-bond donors (Lipinski definition) is 1. The van der Waals surface area contributed by atoms with Crippen molar-refractivity contribution in [2.24, 2.45) is 4.99 Å². The number of allylic oxidation sites excluding steroid dienone is 1. The van der Waals surface area contributed by atoms with E-state index < -0.39 is 5.82 Å². The summed E-state index contributed by atoms with van der Waals surface area (Å²) in [6.07, 6.45) is 4.64. The van der Waals surface area contributed by atoms with Crippen molar-refractivity contribution in [2.75, 3.05) is 5.32 Å². The highest BCUT2D eigenvalue weighted by Crippen LogP contribution is 2.23. The zero-order chi connectivity index (χ0) is 13.5. The molecule has 0 spiro atoms. The molecule has 18 heavy (non-hydrogen) atoms. The first-order valence-electron chi connectivity index (χ1n) is 5.13. The van der Waals surface area contributed by atoms with Gasteiger partial charge in [-0.25, -0.2) is 4.39 Å². The van der Waals surface area contributed by atoms with E-state index in [9.17, 15) is 9.18 Å². The summed E-state index contributed by atoms with van der Waals surface area (Å²) in [5.74, 6) is -0.807. The standard InChI is InChI=1S/C13H12BrFN2O/c1-3-4-9(8-16-2)13(18)17-12-7-10(15)5-6-11(12)14/h3-8H,2H2,1H3,(H,17,18)/b4-3-,9-8+. The Morgan fingerprint density at radius 2 is 2.28 bits per heavy atom. The van der Waals surface area contributed by atoms with E-state index in [0.29, 0.717) is 15.7 Å². The Kier molecular flexibility index (Phi) is 5.45. The Morgan fingerprint density at radius 1 is 1.56 bits per heavy atom. The average Bonchev–Trinajstić information content (AvgIpc) is 2.33. The maximum atomic E-state index is 13.1. The molecule has 0 fully saturated rings. The van der Waals surface area contributed by atoms with Crippen molar-refractivity contribution < 1.29 is 9.18 Å². The SMILES string of the molecule is C=N/C=C(\C=C/C)C(=O)Nc1cc(F)ccc1Br. The van der Waals surface area contributed by atoms with E-state index in [1.807, 2.05) is 0 Å². The van der Waals surface area contributed by atoms with Crippen LogP contribution in [-0.4, -0.2) is 12.6 Å². The van der Waals surface area contributed by atoms with Gasteiger partial charge in [0.25, 0.3) is 5.91 Å². The second-order valence-corrected chi connectivity index (χ2v) is 4.20. The molecular weight excluding hydrogens is 299 g/mol. The molecule has 0 atom stereocenters. The number of aliphatic imine (C=N–C) groups is 1. The fraction of sp³-hybridized carbons (Fsp3) is 0.0769. The number of benzene rings is 1. The molecule has 0 heterocycles. The van der Waals surface area contributed by atoms with Gasteiger partial charge in [-0.1, -0.05) is 12.2 Å². The van der Waals surface area contributed by atoms with Gasteiger partial charge in [-0.2, -0.15) is 0 Å². The van der Waals surface area contributed by atoms with Crippen molar-refractivity contribution in [3.63, 3.8) is 0 Å². The number of carbonyl (C=O) groups excluding carboxylic acids is 1. The highest BCUT2D eigenvalue weighted by atomic mass is 79.9. The van der Waals surface area contributed by atoms with Gasteiger partial charge in [-0.05, 0) is 47.8 Å². The molecule has 0 saturated heterocycles. The third kappa shape index (κ3) is 3.92. The monoisotopic (exact) mass is 310 g/mol. The summed E-state index contributed by atoms with van der Waals surface area (Å²) in [4.78, 5) is 15.4. The third-order valence-corrected chi connectivity index (χ3v) is 2.71. The lowest BCUT2D eigenvalue weighted by atomic mass is 10.2. The maximum absolute atomic E-state index is 13.1. The summed E-state index contributed by atoms with van der Waals surface area (Å²) in [5, 5.41) is 2.59. The van der Waals surface area contributed by atoms with Gasteiger partial charge in [0.15, 0.2) is 0 Å². The summed E-state index contributed by atoms with van der Waals surface area (Å²) >= 11 is 3.23. The van der Waals surface area contributed by atoms with Gasteiger partial charge < -0.3 is 5.32 Å². The minimum absolute atomic E-state index is 0.337. The van der Waals surface area contributed by atoms with Gasteiger partial charge >= 0.3 is 0 Å². The Bertz CT molecular complexity index is 524. The summed E-state index contributed by atoms with van der Waals surface area (Å²) in [6.45, 7) is 5.07. The number of amides is 1. The van der Waals surface area contributed by atoms with Gasteiger partial charge in [0.1, 0.15) is 5.82 Å². The first kappa shape index (κ1) is 14.3. The molecule has 0 radical (unpaired) electrons. The van der Waals surface area contributed by atoms with Crippen LogP contribution in [0.25, 0.3) is 0 Å². The van der Waals surface area contributed by atoms with Crippen molar-refractivity contribution in [1.29, 1.82) is 0 Å². The number of halogens is 2. The molecule has 0 aliphatic heterocycles. The van der Waals surface area contributed by atoms with E-state index in [4.69, 9.17) is 0 Å². The molecule has 0 saturated carbocycles. The molecule has 0 aliphatic carbocycles. The highest BCUT2D eigenvalue weighted by Gasteiger charge is 2.09. The van der Waals surface area contributed by atoms with Crippen LogP contribution >= 0.6 is 15.9 Å². The minimum Gasteiger partial charge on any atom is -0.321 e. The summed E-state index contributed by atoms with van der Waals surface area (Å²) < 4.78 is 13.7. The molecule has 1 aromatic carbocycles. The quantitative estimate of drug-likeness (QED) is 0.514. The predicted octanol–water partition coefficient (Wildman–Crippen LogP) is 3.69. The van der Waals surface area contributed by atoms with Crippen molar-refractivity contribution in [3.8, 4) is 0 Å². The lowest BCUT2D eigenvalue weighted by molar-refractivity contribution is -0.112. The fourth-order valence-corrected chi connectivity index (χ4v) is 1.59. The predicted molar refractivity (Wildman–Crippen MR) is 75.2 cm³/mol. The van der Waals surface area contributed by atoms with Crippen LogP contribution < -0.4 is 5.32 Å². The summed E-state index contributed by atoms with van der Waals surface area (Å²) in [6, 6.07) is 4.06. The number of rotatable bonds is 4. The van der Waals surface area contributed by atoms with Gasteiger partial charge in [0.2, 0.25) is 0 Å². The Balaban J connectivity index is 2.96. The molecule has 94 valence electrons.